The quantitative estimate of drug-likeness (QED) is 0.535. The van der Waals surface area contributed by atoms with Gasteiger partial charge in [-0.25, -0.2) is 0 Å². The van der Waals surface area contributed by atoms with Crippen LogP contribution in [0.1, 0.15) is 0 Å². The van der Waals surface area contributed by atoms with Gasteiger partial charge in [-0.05, 0) is 24.4 Å². The summed E-state index contributed by atoms with van der Waals surface area (Å²) < 4.78 is 25.3. The van der Waals surface area contributed by atoms with Crippen molar-refractivity contribution in [2.75, 3.05) is 0 Å². The van der Waals surface area contributed by atoms with Crippen molar-refractivity contribution < 1.29 is 8.42 Å². The average molecular weight is 199 g/mol. The van der Waals surface area contributed by atoms with E-state index in [0.717, 1.165) is 0 Å². The van der Waals surface area contributed by atoms with Crippen molar-refractivity contribution in [2.45, 2.75) is 4.90 Å². The van der Waals surface area contributed by atoms with E-state index in [2.05, 4.69) is 16.6 Å². The van der Waals surface area contributed by atoms with Crippen LogP contribution in [0.25, 0.3) is 0 Å². The fourth-order valence-electron chi connectivity index (χ4n) is 0.694. The van der Waals surface area contributed by atoms with Gasteiger partial charge in [0.05, 0.1) is 10.1 Å². The maximum absolute atomic E-state index is 11.1. The summed E-state index contributed by atoms with van der Waals surface area (Å²) >= 11 is 4.20. The van der Waals surface area contributed by atoms with Gasteiger partial charge in [0.25, 0.3) is 10.0 Å². The van der Waals surface area contributed by atoms with E-state index in [0.29, 0.717) is 0 Å². The lowest BCUT2D eigenvalue weighted by Crippen LogP contribution is -1.94. The molecule has 0 aliphatic heterocycles. The topological polar surface area (TPSA) is 46.5 Å². The van der Waals surface area contributed by atoms with E-state index in [1.54, 1.807) is 18.2 Å². The summed E-state index contributed by atoms with van der Waals surface area (Å²) in [4.78, 5) is 0.127. The molecule has 0 saturated carbocycles. The zero-order chi connectivity index (χ0) is 9.03. The molecule has 5 heteroatoms. The number of nitrogens with zero attached hydrogens (tertiary/aromatic N) is 1. The Balaban J connectivity index is 3.25. The Morgan fingerprint density at radius 3 is 2.33 bits per heavy atom. The number of hydrogen-bond donors (Lipinski definition) is 0. The van der Waals surface area contributed by atoms with E-state index in [-0.39, 0.29) is 4.90 Å². The second kappa shape index (κ2) is 3.58. The molecule has 1 aromatic rings. The molecule has 1 aromatic carbocycles. The van der Waals surface area contributed by atoms with Gasteiger partial charge in [0, 0.05) is 0 Å². The zero-order valence-electron chi connectivity index (χ0n) is 5.97. The van der Waals surface area contributed by atoms with Gasteiger partial charge in [0.1, 0.15) is 0 Å². The first-order valence-electron chi connectivity index (χ1n) is 3.06. The van der Waals surface area contributed by atoms with E-state index in [1.165, 1.54) is 12.1 Å². The van der Waals surface area contributed by atoms with Crippen molar-refractivity contribution in [2.24, 2.45) is 4.40 Å². The predicted molar refractivity (Wildman–Crippen MR) is 48.7 cm³/mol. The van der Waals surface area contributed by atoms with Gasteiger partial charge < -0.3 is 0 Å². The lowest BCUT2D eigenvalue weighted by atomic mass is 10.4. The Morgan fingerprint density at radius 2 is 1.83 bits per heavy atom. The highest BCUT2D eigenvalue weighted by molar-refractivity contribution is 7.91. The predicted octanol–water partition coefficient (Wildman–Crippen LogP) is 1.48. The molecule has 0 aliphatic carbocycles. The third-order valence-electron chi connectivity index (χ3n) is 1.20. The molecule has 0 heterocycles. The molecule has 0 spiro atoms. The van der Waals surface area contributed by atoms with E-state index in [4.69, 9.17) is 0 Å². The first-order chi connectivity index (χ1) is 5.67. The molecule has 0 aliphatic rings. The first-order valence-corrected chi connectivity index (χ1v) is 4.91. The SMILES string of the molecule is O=S(=O)(N=C=S)c1ccccc1. The highest BCUT2D eigenvalue weighted by Gasteiger charge is 2.09. The summed E-state index contributed by atoms with van der Waals surface area (Å²) in [5.41, 5.74) is 0. The van der Waals surface area contributed by atoms with Crippen molar-refractivity contribution in [3.05, 3.63) is 30.3 Å². The number of hydrogen-bond acceptors (Lipinski definition) is 3. The summed E-state index contributed by atoms with van der Waals surface area (Å²) in [6, 6.07) is 7.86. The highest BCUT2D eigenvalue weighted by Crippen LogP contribution is 2.09. The number of thiocarbonyl (C=S) groups is 1. The summed E-state index contributed by atoms with van der Waals surface area (Å²) in [5, 5.41) is 1.83. The number of isothiocyanates is 1. The van der Waals surface area contributed by atoms with Gasteiger partial charge in [-0.3, -0.25) is 0 Å². The molecular weight excluding hydrogens is 194 g/mol. The zero-order valence-corrected chi connectivity index (χ0v) is 7.60. The van der Waals surface area contributed by atoms with Crippen LogP contribution in [-0.4, -0.2) is 13.6 Å². The van der Waals surface area contributed by atoms with Crippen LogP contribution in [0, 0.1) is 0 Å². The molecule has 0 radical (unpaired) electrons. The molecule has 0 N–H and O–H groups in total. The summed E-state index contributed by atoms with van der Waals surface area (Å²) in [5.74, 6) is 0. The average Bonchev–Trinajstić information content (AvgIpc) is 2.06. The van der Waals surface area contributed by atoms with Gasteiger partial charge in [-0.2, -0.15) is 8.42 Å². The fourth-order valence-corrected chi connectivity index (χ4v) is 1.69. The normalized spacial score (nSPS) is 10.3. The minimum absolute atomic E-state index is 0.127. The largest absolute Gasteiger partial charge is 0.290 e. The molecular formula is C7H5NO2S2. The Bertz CT molecular complexity index is 404. The third-order valence-corrected chi connectivity index (χ3v) is 2.60. The van der Waals surface area contributed by atoms with Crippen LogP contribution in [-0.2, 0) is 10.0 Å². The second-order valence-electron chi connectivity index (χ2n) is 1.97. The van der Waals surface area contributed by atoms with Crippen molar-refractivity contribution in [3.63, 3.8) is 0 Å². The Hall–Kier alpha value is -1.03. The molecule has 1 rings (SSSR count). The van der Waals surface area contributed by atoms with E-state index >= 15 is 0 Å². The van der Waals surface area contributed by atoms with Crippen LogP contribution in [0.3, 0.4) is 0 Å². The Morgan fingerprint density at radius 1 is 1.25 bits per heavy atom. The minimum Gasteiger partial charge on any atom is -0.199 e. The van der Waals surface area contributed by atoms with Crippen molar-refractivity contribution >= 4 is 27.4 Å². The molecule has 62 valence electrons. The molecule has 0 amide bonds. The third kappa shape index (κ3) is 1.98. The van der Waals surface area contributed by atoms with Gasteiger partial charge in [0.15, 0.2) is 0 Å². The number of rotatable bonds is 2. The van der Waals surface area contributed by atoms with Gasteiger partial charge in [0.2, 0.25) is 0 Å². The molecule has 0 saturated heterocycles. The lowest BCUT2D eigenvalue weighted by molar-refractivity contribution is 0.598. The van der Waals surface area contributed by atoms with Crippen LogP contribution >= 0.6 is 12.2 Å². The first kappa shape index (κ1) is 9.06. The fraction of sp³-hybridized carbons (Fsp3) is 0. The second-order valence-corrected chi connectivity index (χ2v) is 3.76. The van der Waals surface area contributed by atoms with E-state index in [1.807, 2.05) is 5.16 Å². The van der Waals surface area contributed by atoms with Gasteiger partial charge in [-0.1, -0.05) is 18.2 Å². The highest BCUT2D eigenvalue weighted by atomic mass is 32.2. The lowest BCUT2D eigenvalue weighted by Gasteiger charge is -1.93. The minimum atomic E-state index is -3.60. The Kier molecular flexibility index (Phi) is 2.70. The summed E-state index contributed by atoms with van der Waals surface area (Å²) in [6.45, 7) is 0. The van der Waals surface area contributed by atoms with Crippen LogP contribution in [0.4, 0.5) is 0 Å². The standard InChI is InChI=1S/C7H5NO2S2/c9-12(10,8-6-11)7-4-2-1-3-5-7/h1-5H. The molecule has 3 nitrogen and oxygen atoms in total. The van der Waals surface area contributed by atoms with Crippen LogP contribution < -0.4 is 0 Å². The van der Waals surface area contributed by atoms with Crippen LogP contribution in [0.2, 0.25) is 0 Å². The van der Waals surface area contributed by atoms with Crippen molar-refractivity contribution in [1.82, 2.24) is 0 Å². The van der Waals surface area contributed by atoms with Crippen molar-refractivity contribution in [3.8, 4) is 0 Å². The summed E-state index contributed by atoms with van der Waals surface area (Å²) in [7, 11) is -3.60. The number of benzene rings is 1. The maximum atomic E-state index is 11.1. The molecule has 0 fully saturated rings. The Labute approximate surface area is 75.8 Å². The smallest absolute Gasteiger partial charge is 0.199 e. The molecule has 12 heavy (non-hydrogen) atoms. The molecule has 0 aromatic heterocycles. The van der Waals surface area contributed by atoms with E-state index < -0.39 is 10.0 Å². The van der Waals surface area contributed by atoms with Gasteiger partial charge in [-0.15, -0.1) is 4.40 Å². The van der Waals surface area contributed by atoms with Crippen LogP contribution in [0.5, 0.6) is 0 Å². The maximum Gasteiger partial charge on any atom is 0.290 e. The molecule has 0 unspecified atom stereocenters. The molecule has 0 atom stereocenters. The van der Waals surface area contributed by atoms with Gasteiger partial charge >= 0.3 is 0 Å². The summed E-state index contributed by atoms with van der Waals surface area (Å²) in [6.07, 6.45) is 0. The van der Waals surface area contributed by atoms with Crippen LogP contribution in [0.15, 0.2) is 39.6 Å². The molecule has 0 bridgehead atoms. The number of sulfonamides is 1. The van der Waals surface area contributed by atoms with Crippen molar-refractivity contribution in [1.29, 1.82) is 0 Å². The monoisotopic (exact) mass is 199 g/mol. The van der Waals surface area contributed by atoms with E-state index in [9.17, 15) is 8.42 Å².